The first-order chi connectivity index (χ1) is 8.22. The molecule has 0 aromatic heterocycles. The molecule has 0 heterocycles. The zero-order chi connectivity index (χ0) is 12.9. The largest absolute Gasteiger partial charge is 0.463 e. The maximum atomic E-state index is 11.1. The van der Waals surface area contributed by atoms with Gasteiger partial charge in [0, 0.05) is 20.3 Å². The zero-order valence-corrected chi connectivity index (χ0v) is 10.7. The van der Waals surface area contributed by atoms with Gasteiger partial charge in [0.2, 0.25) is 0 Å². The first-order valence-corrected chi connectivity index (χ1v) is 5.71. The molecule has 0 saturated carbocycles. The van der Waals surface area contributed by atoms with Crippen LogP contribution in [0.15, 0.2) is 12.2 Å². The van der Waals surface area contributed by atoms with Crippen molar-refractivity contribution in [2.75, 3.05) is 46.8 Å². The minimum atomic E-state index is -0.409. The van der Waals surface area contributed by atoms with Crippen molar-refractivity contribution in [3.63, 3.8) is 0 Å². The van der Waals surface area contributed by atoms with E-state index in [9.17, 15) is 4.79 Å². The lowest BCUT2D eigenvalue weighted by molar-refractivity contribution is -0.139. The highest BCUT2D eigenvalue weighted by atomic mass is 16.5. The minimum absolute atomic E-state index is 0.181. The number of esters is 1. The molecule has 0 spiro atoms. The fraction of sp³-hybridized carbons (Fsp3) is 0.750. The maximum absolute atomic E-state index is 11.1. The molecule has 0 radical (unpaired) electrons. The first kappa shape index (κ1) is 16.1. The second kappa shape index (κ2) is 11.6. The maximum Gasteiger partial charge on any atom is 0.335 e. The van der Waals surface area contributed by atoms with Gasteiger partial charge < -0.3 is 18.9 Å². The Labute approximate surface area is 103 Å². The smallest absolute Gasteiger partial charge is 0.335 e. The van der Waals surface area contributed by atoms with Crippen molar-refractivity contribution in [2.45, 2.75) is 13.3 Å². The summed E-state index contributed by atoms with van der Waals surface area (Å²) in [6, 6.07) is 0. The predicted molar refractivity (Wildman–Crippen MR) is 63.9 cm³/mol. The summed E-state index contributed by atoms with van der Waals surface area (Å²) in [7, 11) is 1.66. The number of ether oxygens (including phenoxy) is 4. The monoisotopic (exact) mass is 246 g/mol. The topological polar surface area (TPSA) is 54.0 Å². The Balaban J connectivity index is 3.27. The third kappa shape index (κ3) is 9.99. The number of methoxy groups -OCH3 is 1. The first-order valence-electron chi connectivity index (χ1n) is 5.71. The third-order valence-corrected chi connectivity index (χ3v) is 1.85. The molecule has 0 N–H and O–H groups in total. The van der Waals surface area contributed by atoms with E-state index in [-0.39, 0.29) is 6.61 Å². The van der Waals surface area contributed by atoms with E-state index in [1.807, 2.05) is 0 Å². The van der Waals surface area contributed by atoms with Crippen LogP contribution < -0.4 is 0 Å². The van der Waals surface area contributed by atoms with Crippen molar-refractivity contribution in [1.82, 2.24) is 0 Å². The molecule has 0 aliphatic carbocycles. The van der Waals surface area contributed by atoms with Crippen LogP contribution in [-0.4, -0.2) is 52.7 Å². The Morgan fingerprint density at radius 2 is 1.82 bits per heavy atom. The van der Waals surface area contributed by atoms with E-state index in [2.05, 4.69) is 6.58 Å². The molecule has 0 aromatic carbocycles. The Bertz CT molecular complexity index is 215. The summed E-state index contributed by atoms with van der Waals surface area (Å²) in [5.74, 6) is -0.409. The van der Waals surface area contributed by atoms with Crippen molar-refractivity contribution >= 4 is 5.97 Å². The Morgan fingerprint density at radius 1 is 1.12 bits per heavy atom. The van der Waals surface area contributed by atoms with Gasteiger partial charge in [0.1, 0.15) is 0 Å². The molecule has 0 rings (SSSR count). The molecule has 5 nitrogen and oxygen atoms in total. The molecule has 0 aromatic rings. The summed E-state index contributed by atoms with van der Waals surface area (Å²) < 4.78 is 20.1. The molecule has 0 aliphatic rings. The third-order valence-electron chi connectivity index (χ3n) is 1.85. The van der Waals surface area contributed by atoms with E-state index in [1.54, 1.807) is 14.0 Å². The average molecular weight is 246 g/mol. The van der Waals surface area contributed by atoms with Gasteiger partial charge in [-0.2, -0.15) is 0 Å². The number of carbonyl (C=O) groups is 1. The Hall–Kier alpha value is -0.910. The molecule has 0 unspecified atom stereocenters. The number of hydrogen-bond donors (Lipinski definition) is 0. The normalized spacial score (nSPS) is 10.2. The van der Waals surface area contributed by atoms with Gasteiger partial charge in [-0.25, -0.2) is 4.79 Å². The van der Waals surface area contributed by atoms with E-state index < -0.39 is 5.97 Å². The van der Waals surface area contributed by atoms with Gasteiger partial charge in [-0.15, -0.1) is 0 Å². The summed E-state index contributed by atoms with van der Waals surface area (Å²) in [6.07, 6.45) is 0.867. The molecule has 5 heteroatoms. The lowest BCUT2D eigenvalue weighted by atomic mass is 10.3. The summed E-state index contributed by atoms with van der Waals surface area (Å²) in [6.45, 7) is 8.13. The molecular formula is C12H22O5. The van der Waals surface area contributed by atoms with Crippen molar-refractivity contribution in [2.24, 2.45) is 0 Å². The van der Waals surface area contributed by atoms with Crippen LogP contribution in [-0.2, 0) is 23.7 Å². The van der Waals surface area contributed by atoms with Crippen molar-refractivity contribution < 1.29 is 23.7 Å². The van der Waals surface area contributed by atoms with Crippen LogP contribution in [0.4, 0.5) is 0 Å². The molecule has 0 bridgehead atoms. The van der Waals surface area contributed by atoms with Gasteiger partial charge in [0.05, 0.1) is 32.0 Å². The molecular weight excluding hydrogens is 224 g/mol. The fourth-order valence-corrected chi connectivity index (χ4v) is 1.01. The Morgan fingerprint density at radius 3 is 2.47 bits per heavy atom. The van der Waals surface area contributed by atoms with Gasteiger partial charge in [-0.05, 0) is 13.3 Å². The van der Waals surface area contributed by atoms with Crippen molar-refractivity contribution in [1.29, 1.82) is 0 Å². The van der Waals surface area contributed by atoms with Crippen molar-refractivity contribution in [3.05, 3.63) is 12.2 Å². The highest BCUT2D eigenvalue weighted by Crippen LogP contribution is 1.96. The van der Waals surface area contributed by atoms with Crippen molar-refractivity contribution in [3.8, 4) is 0 Å². The van der Waals surface area contributed by atoms with E-state index in [0.717, 1.165) is 6.42 Å². The highest BCUT2D eigenvalue weighted by molar-refractivity contribution is 5.87. The van der Waals surface area contributed by atoms with Crippen LogP contribution in [0.25, 0.3) is 0 Å². The molecule has 100 valence electrons. The number of hydrogen-bond acceptors (Lipinski definition) is 5. The van der Waals surface area contributed by atoms with Gasteiger partial charge in [0.25, 0.3) is 0 Å². The molecule has 0 aliphatic heterocycles. The van der Waals surface area contributed by atoms with Crippen LogP contribution in [0, 0.1) is 0 Å². The molecule has 0 saturated heterocycles. The fourth-order valence-electron chi connectivity index (χ4n) is 1.01. The molecule has 0 atom stereocenters. The predicted octanol–water partition coefficient (Wildman–Crippen LogP) is 1.18. The Kier molecular flexibility index (Phi) is 11.0. The highest BCUT2D eigenvalue weighted by Gasteiger charge is 2.06. The minimum Gasteiger partial charge on any atom is -0.463 e. The second-order valence-corrected chi connectivity index (χ2v) is 3.34. The summed E-state index contributed by atoms with van der Waals surface area (Å²) in [4.78, 5) is 11.1. The van der Waals surface area contributed by atoms with Crippen LogP contribution in [0.1, 0.15) is 13.3 Å². The van der Waals surface area contributed by atoms with E-state index in [0.29, 0.717) is 38.6 Å². The van der Waals surface area contributed by atoms with Gasteiger partial charge in [0.15, 0.2) is 0 Å². The van der Waals surface area contributed by atoms with E-state index in [1.165, 1.54) is 0 Å². The van der Waals surface area contributed by atoms with Crippen LogP contribution in [0.5, 0.6) is 0 Å². The van der Waals surface area contributed by atoms with Crippen LogP contribution >= 0.6 is 0 Å². The summed E-state index contributed by atoms with van der Waals surface area (Å²) >= 11 is 0. The number of rotatable bonds is 11. The lowest BCUT2D eigenvalue weighted by Crippen LogP contribution is -2.14. The van der Waals surface area contributed by atoms with E-state index >= 15 is 0 Å². The lowest BCUT2D eigenvalue weighted by Gasteiger charge is -2.07. The molecule has 0 fully saturated rings. The van der Waals surface area contributed by atoms with Gasteiger partial charge in [-0.1, -0.05) is 6.58 Å². The van der Waals surface area contributed by atoms with E-state index in [4.69, 9.17) is 18.9 Å². The average Bonchev–Trinajstić information content (AvgIpc) is 2.32. The quantitative estimate of drug-likeness (QED) is 0.311. The number of carbonyl (C=O) groups excluding carboxylic acids is 1. The standard InChI is InChI=1S/C12H22O5/c1-4-17-12(13)11(2)10-16-9-8-15-7-5-6-14-3/h2,4-10H2,1,3H3. The summed E-state index contributed by atoms with van der Waals surface area (Å²) in [5.41, 5.74) is 0.325. The molecule has 17 heavy (non-hydrogen) atoms. The van der Waals surface area contributed by atoms with Crippen LogP contribution in [0.2, 0.25) is 0 Å². The summed E-state index contributed by atoms with van der Waals surface area (Å²) in [5, 5.41) is 0. The molecule has 0 amide bonds. The van der Waals surface area contributed by atoms with Gasteiger partial charge in [-0.3, -0.25) is 0 Å². The van der Waals surface area contributed by atoms with Gasteiger partial charge >= 0.3 is 5.97 Å². The van der Waals surface area contributed by atoms with Crippen LogP contribution in [0.3, 0.4) is 0 Å². The zero-order valence-electron chi connectivity index (χ0n) is 10.7. The SMILES string of the molecule is C=C(COCCOCCCOC)C(=O)OCC. The second-order valence-electron chi connectivity index (χ2n) is 3.34.